The van der Waals surface area contributed by atoms with Gasteiger partial charge in [-0.25, -0.2) is 0 Å². The minimum atomic E-state index is -0.0822. The summed E-state index contributed by atoms with van der Waals surface area (Å²) in [7, 11) is 0. The first-order valence-electron chi connectivity index (χ1n) is 6.40. The molecular formula is C14H18BrNO. The quantitative estimate of drug-likeness (QED) is 0.907. The number of hydrogen-bond acceptors (Lipinski definition) is 2. The Morgan fingerprint density at radius 1 is 1.18 bits per heavy atom. The number of aliphatic hydroxyl groups excluding tert-OH is 1. The van der Waals surface area contributed by atoms with Gasteiger partial charge in [0.2, 0.25) is 0 Å². The standard InChI is InChI=1S/C14H18BrNO/c15-13-4-2-1-3-12(13)14(7-8-14)16-9-5-11(17)6-10-16/h1-4,11,17H,5-10H2. The van der Waals surface area contributed by atoms with E-state index in [1.54, 1.807) is 0 Å². The molecule has 0 aromatic heterocycles. The van der Waals surface area contributed by atoms with Crippen molar-refractivity contribution in [2.45, 2.75) is 37.3 Å². The molecule has 1 aromatic rings. The Balaban J connectivity index is 1.85. The molecule has 2 nitrogen and oxygen atoms in total. The number of benzene rings is 1. The average Bonchev–Trinajstić information content (AvgIpc) is 3.12. The normalized spacial score (nSPS) is 24.8. The van der Waals surface area contributed by atoms with E-state index in [0.29, 0.717) is 0 Å². The third-order valence-electron chi connectivity index (χ3n) is 4.17. The third-order valence-corrected chi connectivity index (χ3v) is 4.86. The lowest BCUT2D eigenvalue weighted by atomic mass is 9.98. The Hall–Kier alpha value is -0.380. The maximum Gasteiger partial charge on any atom is 0.0564 e. The molecule has 2 fully saturated rings. The summed E-state index contributed by atoms with van der Waals surface area (Å²) in [4.78, 5) is 2.57. The maximum absolute atomic E-state index is 9.60. The van der Waals surface area contributed by atoms with E-state index in [2.05, 4.69) is 45.1 Å². The van der Waals surface area contributed by atoms with Crippen LogP contribution >= 0.6 is 15.9 Å². The molecule has 0 amide bonds. The van der Waals surface area contributed by atoms with Crippen LogP contribution in [0.25, 0.3) is 0 Å². The van der Waals surface area contributed by atoms with E-state index in [-0.39, 0.29) is 11.6 Å². The predicted molar refractivity (Wildman–Crippen MR) is 71.9 cm³/mol. The van der Waals surface area contributed by atoms with Gasteiger partial charge < -0.3 is 5.11 Å². The summed E-state index contributed by atoms with van der Waals surface area (Å²) in [5, 5.41) is 9.60. The molecule has 0 atom stereocenters. The Kier molecular flexibility index (Phi) is 3.01. The fourth-order valence-corrected chi connectivity index (χ4v) is 3.66. The largest absolute Gasteiger partial charge is 0.393 e. The van der Waals surface area contributed by atoms with E-state index in [4.69, 9.17) is 0 Å². The topological polar surface area (TPSA) is 23.5 Å². The highest BCUT2D eigenvalue weighted by atomic mass is 79.9. The van der Waals surface area contributed by atoms with Crippen LogP contribution in [0, 0.1) is 0 Å². The molecule has 1 N–H and O–H groups in total. The number of nitrogens with zero attached hydrogens (tertiary/aromatic N) is 1. The second-order valence-corrected chi connectivity index (χ2v) is 6.08. The van der Waals surface area contributed by atoms with Crippen molar-refractivity contribution in [3.8, 4) is 0 Å². The SMILES string of the molecule is OC1CCN(C2(c3ccccc3Br)CC2)CC1. The lowest BCUT2D eigenvalue weighted by Gasteiger charge is -2.37. The molecule has 0 radical (unpaired) electrons. The molecule has 2 aliphatic rings. The van der Waals surface area contributed by atoms with Crippen molar-refractivity contribution in [2.24, 2.45) is 0 Å². The van der Waals surface area contributed by atoms with Gasteiger partial charge in [-0.2, -0.15) is 0 Å². The number of likely N-dealkylation sites (tertiary alicyclic amines) is 1. The van der Waals surface area contributed by atoms with Gasteiger partial charge in [0, 0.05) is 23.1 Å². The fraction of sp³-hybridized carbons (Fsp3) is 0.571. The number of rotatable bonds is 2. The first-order valence-corrected chi connectivity index (χ1v) is 7.20. The molecule has 0 bridgehead atoms. The van der Waals surface area contributed by atoms with Crippen LogP contribution in [0.5, 0.6) is 0 Å². The molecule has 17 heavy (non-hydrogen) atoms. The first kappa shape index (κ1) is 11.7. The number of hydrogen-bond donors (Lipinski definition) is 1. The molecule has 1 aromatic carbocycles. The molecular weight excluding hydrogens is 278 g/mol. The van der Waals surface area contributed by atoms with Crippen molar-refractivity contribution in [1.29, 1.82) is 0 Å². The zero-order valence-electron chi connectivity index (χ0n) is 9.90. The number of halogens is 1. The van der Waals surface area contributed by atoms with Gasteiger partial charge >= 0.3 is 0 Å². The van der Waals surface area contributed by atoms with Crippen molar-refractivity contribution in [2.75, 3.05) is 13.1 Å². The molecule has 0 spiro atoms. The minimum Gasteiger partial charge on any atom is -0.393 e. The van der Waals surface area contributed by atoms with Crippen LogP contribution in [-0.2, 0) is 5.54 Å². The summed E-state index contributed by atoms with van der Waals surface area (Å²) in [6.45, 7) is 2.06. The predicted octanol–water partition coefficient (Wildman–Crippen LogP) is 2.89. The monoisotopic (exact) mass is 295 g/mol. The van der Waals surface area contributed by atoms with Gasteiger partial charge in [0.25, 0.3) is 0 Å². The highest BCUT2D eigenvalue weighted by Crippen LogP contribution is 2.53. The van der Waals surface area contributed by atoms with Gasteiger partial charge in [-0.3, -0.25) is 4.90 Å². The fourth-order valence-electron chi connectivity index (χ4n) is 3.01. The zero-order valence-corrected chi connectivity index (χ0v) is 11.5. The zero-order chi connectivity index (χ0) is 11.9. The van der Waals surface area contributed by atoms with Crippen molar-refractivity contribution >= 4 is 15.9 Å². The second-order valence-electron chi connectivity index (χ2n) is 5.23. The van der Waals surface area contributed by atoms with Gasteiger partial charge in [-0.1, -0.05) is 34.1 Å². The molecule has 1 saturated carbocycles. The van der Waals surface area contributed by atoms with Gasteiger partial charge in [0.15, 0.2) is 0 Å². The van der Waals surface area contributed by atoms with Crippen LogP contribution in [0.4, 0.5) is 0 Å². The summed E-state index contributed by atoms with van der Waals surface area (Å²) in [5.41, 5.74) is 1.69. The van der Waals surface area contributed by atoms with Crippen LogP contribution in [0.2, 0.25) is 0 Å². The summed E-state index contributed by atoms with van der Waals surface area (Å²) >= 11 is 3.67. The van der Waals surface area contributed by atoms with E-state index in [9.17, 15) is 5.11 Å². The smallest absolute Gasteiger partial charge is 0.0564 e. The molecule has 3 heteroatoms. The van der Waals surface area contributed by atoms with Crippen LogP contribution in [0.15, 0.2) is 28.7 Å². The molecule has 0 unspecified atom stereocenters. The molecule has 1 aliphatic heterocycles. The highest BCUT2D eigenvalue weighted by Gasteiger charge is 2.50. The van der Waals surface area contributed by atoms with Gasteiger partial charge in [0.05, 0.1) is 6.10 Å². The van der Waals surface area contributed by atoms with Crippen molar-refractivity contribution in [3.05, 3.63) is 34.3 Å². The Labute approximate surface area is 111 Å². The van der Waals surface area contributed by atoms with Gasteiger partial charge in [-0.15, -0.1) is 0 Å². The lowest BCUT2D eigenvalue weighted by molar-refractivity contribution is 0.0520. The Bertz CT molecular complexity index is 408. The first-order chi connectivity index (χ1) is 8.22. The van der Waals surface area contributed by atoms with Crippen LogP contribution in [-0.4, -0.2) is 29.2 Å². The van der Waals surface area contributed by atoms with Crippen molar-refractivity contribution in [3.63, 3.8) is 0 Å². The van der Waals surface area contributed by atoms with Gasteiger partial charge in [-0.05, 0) is 37.3 Å². The minimum absolute atomic E-state index is 0.0822. The van der Waals surface area contributed by atoms with E-state index in [1.807, 2.05) is 0 Å². The van der Waals surface area contributed by atoms with E-state index in [1.165, 1.54) is 22.9 Å². The summed E-state index contributed by atoms with van der Waals surface area (Å²) in [5.74, 6) is 0. The maximum atomic E-state index is 9.60. The summed E-state index contributed by atoms with van der Waals surface area (Å²) < 4.78 is 1.23. The van der Waals surface area contributed by atoms with Crippen LogP contribution < -0.4 is 0 Å². The number of piperidine rings is 1. The van der Waals surface area contributed by atoms with E-state index >= 15 is 0 Å². The second kappa shape index (κ2) is 4.38. The average molecular weight is 296 g/mol. The van der Waals surface area contributed by atoms with Crippen LogP contribution in [0.3, 0.4) is 0 Å². The molecule has 92 valence electrons. The summed E-state index contributed by atoms with van der Waals surface area (Å²) in [6.07, 6.45) is 4.27. The van der Waals surface area contributed by atoms with Gasteiger partial charge in [0.1, 0.15) is 0 Å². The summed E-state index contributed by atoms with van der Waals surface area (Å²) in [6, 6.07) is 8.57. The van der Waals surface area contributed by atoms with Crippen LogP contribution in [0.1, 0.15) is 31.2 Å². The molecule has 1 heterocycles. The van der Waals surface area contributed by atoms with Crippen molar-refractivity contribution < 1.29 is 5.11 Å². The molecule has 1 aliphatic carbocycles. The third kappa shape index (κ3) is 2.05. The van der Waals surface area contributed by atoms with E-state index < -0.39 is 0 Å². The number of aliphatic hydroxyl groups is 1. The van der Waals surface area contributed by atoms with E-state index in [0.717, 1.165) is 25.9 Å². The Morgan fingerprint density at radius 2 is 1.82 bits per heavy atom. The van der Waals surface area contributed by atoms with Crippen molar-refractivity contribution in [1.82, 2.24) is 4.90 Å². The Morgan fingerprint density at radius 3 is 2.41 bits per heavy atom. The highest BCUT2D eigenvalue weighted by molar-refractivity contribution is 9.10. The molecule has 1 saturated heterocycles. The molecule has 3 rings (SSSR count). The lowest BCUT2D eigenvalue weighted by Crippen LogP contribution is -2.43.